The molecule has 0 unspecified atom stereocenters. The van der Waals surface area contributed by atoms with E-state index in [-0.39, 0.29) is 26.7 Å². The van der Waals surface area contributed by atoms with Gasteiger partial charge in [0.1, 0.15) is 0 Å². The molecule has 0 fully saturated rings. The molecule has 0 aliphatic carbocycles. The summed E-state index contributed by atoms with van der Waals surface area (Å²) in [7, 11) is 0. The molecule has 0 aliphatic rings. The molecule has 34 valence electrons. The van der Waals surface area contributed by atoms with Gasteiger partial charge < -0.3 is 30.6 Å². The predicted molar refractivity (Wildman–Crippen MR) is 24.2 cm³/mol. The van der Waals surface area contributed by atoms with E-state index in [1.165, 1.54) is 0 Å². The zero-order chi connectivity index (χ0) is 3.58. The van der Waals surface area contributed by atoms with Gasteiger partial charge in [0.05, 0.1) is 0 Å². The largest absolute Gasteiger partial charge is 1.00 e. The normalized spacial score (nSPS) is 4.80. The van der Waals surface area contributed by atoms with E-state index >= 15 is 0 Å². The van der Waals surface area contributed by atoms with Gasteiger partial charge in [0.25, 0.3) is 0 Å². The van der Waals surface area contributed by atoms with E-state index in [1.807, 2.05) is 0 Å². The molecule has 0 aromatic carbocycles. The van der Waals surface area contributed by atoms with Crippen molar-refractivity contribution >= 4 is 29.2 Å². The zero-order valence-corrected chi connectivity index (χ0v) is 5.99. The summed E-state index contributed by atoms with van der Waals surface area (Å²) in [6.45, 7) is 0. The van der Waals surface area contributed by atoms with Crippen molar-refractivity contribution in [3.8, 4) is 0 Å². The fourth-order valence-electron chi connectivity index (χ4n) is 0. The number of hydrogen-bond acceptors (Lipinski definition) is 2. The summed E-state index contributed by atoms with van der Waals surface area (Å²) < 4.78 is 0.0833. The monoisotopic (exact) mass is 289 g/mol. The van der Waals surface area contributed by atoms with Crippen LogP contribution in [0.1, 0.15) is 0 Å². The molecule has 0 saturated heterocycles. The molecule has 0 rings (SSSR count). The Morgan fingerprint density at radius 2 is 1.80 bits per heavy atom. The van der Waals surface area contributed by atoms with Crippen molar-refractivity contribution in [2.45, 2.75) is 0 Å². The Balaban J connectivity index is 0. The summed E-state index contributed by atoms with van der Waals surface area (Å²) in [5.41, 5.74) is 4.66. The molecule has 0 aromatic heterocycles. The Hall–Kier alpha value is 0.850. The molecule has 0 bridgehead atoms. The van der Waals surface area contributed by atoms with Gasteiger partial charge in [-0.3, -0.25) is 0 Å². The van der Waals surface area contributed by atoms with Crippen LogP contribution in [-0.4, -0.2) is 4.32 Å². The van der Waals surface area contributed by atoms with Gasteiger partial charge >= 0.3 is 22.4 Å². The molecule has 0 saturated carbocycles. The average Bonchev–Trinajstić information content (AvgIpc) is 0.811. The van der Waals surface area contributed by atoms with E-state index in [0.29, 0.717) is 0 Å². The maximum atomic E-state index is 4.66. The number of nitrogens with two attached hydrogens (primary N) is 1. The second-order valence-corrected chi connectivity index (χ2v) is 1.46. The minimum absolute atomic E-state index is 0. The molecule has 0 aromatic rings. The number of rotatable bonds is 0. The quantitative estimate of drug-likeness (QED) is 0.379. The summed E-state index contributed by atoms with van der Waals surface area (Å²) >= 11 is 8.26. The minimum Gasteiger partial charge on any atom is -0.415 e. The molecule has 0 atom stereocenters. The molecular formula is CH2AuNS2. The molecule has 0 amide bonds. The molecular weight excluding hydrogens is 287 g/mol. The third kappa shape index (κ3) is 54.5. The van der Waals surface area contributed by atoms with Crippen LogP contribution in [0.4, 0.5) is 0 Å². The summed E-state index contributed by atoms with van der Waals surface area (Å²) in [5, 5.41) is 0. The van der Waals surface area contributed by atoms with Gasteiger partial charge in [-0.2, -0.15) is 0 Å². The Labute approximate surface area is 57.2 Å². The first-order chi connectivity index (χ1) is 1.73. The van der Waals surface area contributed by atoms with E-state index < -0.39 is 0 Å². The molecule has 4 heteroatoms. The summed E-state index contributed by atoms with van der Waals surface area (Å²) in [6.07, 6.45) is 0. The van der Waals surface area contributed by atoms with Crippen molar-refractivity contribution in [2.24, 2.45) is 5.73 Å². The molecule has 0 radical (unpaired) electrons. The Morgan fingerprint density at radius 3 is 1.80 bits per heavy atom. The Kier molecular flexibility index (Phi) is 9.01. The second kappa shape index (κ2) is 4.85. The van der Waals surface area contributed by atoms with Gasteiger partial charge in [0.2, 0.25) is 0 Å². The SMILES string of the molecule is NC(=S)[S-].[Au+]. The Morgan fingerprint density at radius 1 is 1.80 bits per heavy atom. The van der Waals surface area contributed by atoms with Crippen molar-refractivity contribution in [1.82, 2.24) is 0 Å². The van der Waals surface area contributed by atoms with E-state index in [0.717, 1.165) is 0 Å². The standard InChI is InChI=1S/CH3NS2.Au/c2-1(3)4;/h(H3,2,3,4);/q;+1/p-1. The van der Waals surface area contributed by atoms with E-state index in [9.17, 15) is 0 Å². The first-order valence-corrected chi connectivity index (χ1v) is 1.51. The van der Waals surface area contributed by atoms with E-state index in [4.69, 9.17) is 0 Å². The summed E-state index contributed by atoms with van der Waals surface area (Å²) in [5.74, 6) is 0. The summed E-state index contributed by atoms with van der Waals surface area (Å²) in [4.78, 5) is 0. The van der Waals surface area contributed by atoms with Crippen LogP contribution >= 0.6 is 12.2 Å². The fourth-order valence-corrected chi connectivity index (χ4v) is 0. The molecule has 2 N–H and O–H groups in total. The van der Waals surface area contributed by atoms with Crippen molar-refractivity contribution in [1.29, 1.82) is 0 Å². The maximum absolute atomic E-state index is 4.66. The predicted octanol–water partition coefficient (Wildman–Crippen LogP) is -0.226. The third-order valence-corrected chi connectivity index (χ3v) is 0. The van der Waals surface area contributed by atoms with Crippen molar-refractivity contribution < 1.29 is 22.4 Å². The van der Waals surface area contributed by atoms with Gasteiger partial charge in [-0.15, -0.1) is 0 Å². The average molecular weight is 289 g/mol. The molecule has 1 nitrogen and oxygen atoms in total. The van der Waals surface area contributed by atoms with Gasteiger partial charge in [0.15, 0.2) is 0 Å². The summed E-state index contributed by atoms with van der Waals surface area (Å²) in [6, 6.07) is 0. The van der Waals surface area contributed by atoms with Gasteiger partial charge in [-0.05, 0) is 0 Å². The molecule has 0 heterocycles. The van der Waals surface area contributed by atoms with Crippen LogP contribution in [0.25, 0.3) is 0 Å². The van der Waals surface area contributed by atoms with Gasteiger partial charge in [-0.25, -0.2) is 0 Å². The van der Waals surface area contributed by atoms with Crippen LogP contribution in [0.3, 0.4) is 0 Å². The minimum atomic E-state index is 0. The van der Waals surface area contributed by atoms with Crippen molar-refractivity contribution in [3.63, 3.8) is 0 Å². The molecule has 5 heavy (non-hydrogen) atoms. The van der Waals surface area contributed by atoms with Crippen LogP contribution in [-0.2, 0) is 35.0 Å². The van der Waals surface area contributed by atoms with Crippen molar-refractivity contribution in [2.75, 3.05) is 0 Å². The first kappa shape index (κ1) is 9.28. The smallest absolute Gasteiger partial charge is 0.415 e. The number of thiocarbonyl (C=S) groups is 1. The van der Waals surface area contributed by atoms with Crippen LogP contribution < -0.4 is 5.73 Å². The topological polar surface area (TPSA) is 26.0 Å². The first-order valence-electron chi connectivity index (χ1n) is 0.697. The molecule has 0 aliphatic heterocycles. The van der Waals surface area contributed by atoms with Gasteiger partial charge in [-0.1, -0.05) is 4.32 Å². The second-order valence-electron chi connectivity index (χ2n) is 0.319. The van der Waals surface area contributed by atoms with E-state index in [1.54, 1.807) is 0 Å². The van der Waals surface area contributed by atoms with Crippen LogP contribution in [0.2, 0.25) is 0 Å². The molecule has 0 spiro atoms. The van der Waals surface area contributed by atoms with Crippen molar-refractivity contribution in [3.05, 3.63) is 0 Å². The maximum Gasteiger partial charge on any atom is 1.00 e. The Bertz CT molecular complexity index is 32.6. The van der Waals surface area contributed by atoms with Crippen LogP contribution in [0, 0.1) is 0 Å². The van der Waals surface area contributed by atoms with Crippen LogP contribution in [0.5, 0.6) is 0 Å². The van der Waals surface area contributed by atoms with Gasteiger partial charge in [0, 0.05) is 0 Å². The van der Waals surface area contributed by atoms with E-state index in [2.05, 4.69) is 30.6 Å². The zero-order valence-electron chi connectivity index (χ0n) is 2.20. The third-order valence-electron chi connectivity index (χ3n) is 0. The van der Waals surface area contributed by atoms with Crippen LogP contribution in [0.15, 0.2) is 0 Å². The number of hydrogen-bond donors (Lipinski definition) is 1. The fraction of sp³-hybridized carbons (Fsp3) is 0.